The van der Waals surface area contributed by atoms with Gasteiger partial charge in [-0.05, 0) is 67.0 Å². The van der Waals surface area contributed by atoms with Crippen LogP contribution in [0.2, 0.25) is 0 Å². The van der Waals surface area contributed by atoms with Crippen molar-refractivity contribution in [3.05, 3.63) is 66.0 Å². The minimum Gasteiger partial charge on any atom is -0.497 e. The lowest BCUT2D eigenvalue weighted by Crippen LogP contribution is -2.43. The van der Waals surface area contributed by atoms with E-state index in [9.17, 15) is 9.59 Å². The number of hydrogen-bond acceptors (Lipinski definition) is 6. The van der Waals surface area contributed by atoms with Crippen molar-refractivity contribution >= 4 is 11.7 Å². The number of carbonyl (C=O) groups excluding carboxylic acids is 2. The van der Waals surface area contributed by atoms with Gasteiger partial charge < -0.3 is 24.4 Å². The zero-order valence-corrected chi connectivity index (χ0v) is 24.0. The van der Waals surface area contributed by atoms with E-state index in [0.29, 0.717) is 62.2 Å². The Balaban J connectivity index is 1.50. The molecule has 7 nitrogen and oxygen atoms in total. The molecule has 0 bridgehead atoms. The van der Waals surface area contributed by atoms with Gasteiger partial charge in [0.1, 0.15) is 18.1 Å². The van der Waals surface area contributed by atoms with E-state index < -0.39 is 0 Å². The summed E-state index contributed by atoms with van der Waals surface area (Å²) < 4.78 is 16.3. The van der Waals surface area contributed by atoms with Gasteiger partial charge in [-0.25, -0.2) is 0 Å². The second-order valence-corrected chi connectivity index (χ2v) is 10.9. The third-order valence-electron chi connectivity index (χ3n) is 7.52. The summed E-state index contributed by atoms with van der Waals surface area (Å²) in [5, 5.41) is 3.30. The van der Waals surface area contributed by atoms with E-state index in [4.69, 9.17) is 14.2 Å². The van der Waals surface area contributed by atoms with Gasteiger partial charge in [-0.2, -0.15) is 0 Å². The van der Waals surface area contributed by atoms with Gasteiger partial charge in [0.05, 0.1) is 20.3 Å². The molecule has 1 fully saturated rings. The molecule has 0 saturated carbocycles. The molecule has 1 saturated heterocycles. The third-order valence-corrected chi connectivity index (χ3v) is 7.52. The molecule has 3 atom stereocenters. The second-order valence-electron chi connectivity index (χ2n) is 10.9. The van der Waals surface area contributed by atoms with Gasteiger partial charge in [-0.1, -0.05) is 39.0 Å². The molecule has 0 spiro atoms. The van der Waals surface area contributed by atoms with Gasteiger partial charge in [-0.15, -0.1) is 0 Å². The first-order chi connectivity index (χ1) is 18.8. The number of Topliss-reactive ketones (excluding diaryl/α,β-unsaturated/α-hetero) is 1. The van der Waals surface area contributed by atoms with Crippen molar-refractivity contribution in [1.82, 2.24) is 10.2 Å². The minimum absolute atomic E-state index is 0.0146. The van der Waals surface area contributed by atoms with Crippen molar-refractivity contribution in [2.75, 3.05) is 46.6 Å². The topological polar surface area (TPSA) is 77.1 Å². The zero-order valence-electron chi connectivity index (χ0n) is 24.0. The standard InChI is InChI=1S/C32H46N2O5/c1-24-21-34(22-25(24)2)23-29(20-27-9-8-16-38-17-18-39-26(3)19-27)33-32(36)11-7-5-6-10-31(35)28-12-14-30(37-4)15-13-28/h8-9,12-15,19,24-25,29H,3,5-7,10-11,16-18,20-23H2,1-2,4H3,(H,33,36)/b9-8-,27-19+/t24-,25?,29-/m0/s1. The first-order valence-corrected chi connectivity index (χ1v) is 14.3. The Bertz CT molecular complexity index is 990. The van der Waals surface area contributed by atoms with Gasteiger partial charge in [0, 0.05) is 44.1 Å². The van der Waals surface area contributed by atoms with Crippen LogP contribution >= 0.6 is 0 Å². The number of carbonyl (C=O) groups is 2. The molecule has 2 aliphatic heterocycles. The summed E-state index contributed by atoms with van der Waals surface area (Å²) >= 11 is 0. The highest BCUT2D eigenvalue weighted by molar-refractivity contribution is 5.96. The second kappa shape index (κ2) is 16.3. The van der Waals surface area contributed by atoms with E-state index in [1.165, 1.54) is 0 Å². The van der Waals surface area contributed by atoms with Crippen LogP contribution in [0.15, 0.2) is 60.4 Å². The zero-order chi connectivity index (χ0) is 28.0. The average Bonchev–Trinajstić information content (AvgIpc) is 3.23. The van der Waals surface area contributed by atoms with Gasteiger partial charge >= 0.3 is 0 Å². The summed E-state index contributed by atoms with van der Waals surface area (Å²) in [5.74, 6) is 2.84. The quantitative estimate of drug-likeness (QED) is 0.270. The Hall–Kier alpha value is -2.90. The Labute approximate surface area is 234 Å². The highest BCUT2D eigenvalue weighted by Gasteiger charge is 2.28. The SMILES string of the molecule is C=C1/C=C(C[C@@H](CN2CC(C)[C@@H](C)C2)NC(=O)CCCCCC(=O)c2ccc(OC)cc2)\C=C/COCCO1. The van der Waals surface area contributed by atoms with Crippen LogP contribution in [0.5, 0.6) is 5.75 Å². The van der Waals surface area contributed by atoms with E-state index in [1.54, 1.807) is 31.4 Å². The van der Waals surface area contributed by atoms with E-state index in [0.717, 1.165) is 50.2 Å². The molecular weight excluding hydrogens is 492 g/mol. The third kappa shape index (κ3) is 11.0. The van der Waals surface area contributed by atoms with E-state index in [1.807, 2.05) is 18.2 Å². The molecule has 0 radical (unpaired) electrons. The predicted octanol–water partition coefficient (Wildman–Crippen LogP) is 5.33. The number of unbranched alkanes of at least 4 members (excludes halogenated alkanes) is 2. The molecule has 1 aromatic rings. The number of likely N-dealkylation sites (tertiary alicyclic amines) is 1. The molecule has 2 heterocycles. The summed E-state index contributed by atoms with van der Waals surface area (Å²) in [6, 6.07) is 7.20. The number of allylic oxidation sites excluding steroid dienone is 2. The van der Waals surface area contributed by atoms with Crippen molar-refractivity contribution in [1.29, 1.82) is 0 Å². The Morgan fingerprint density at radius 3 is 2.51 bits per heavy atom. The summed E-state index contributed by atoms with van der Waals surface area (Å²) in [4.78, 5) is 27.9. The number of nitrogens with one attached hydrogen (secondary N) is 1. The Morgan fingerprint density at radius 2 is 1.79 bits per heavy atom. The normalized spacial score (nSPS) is 23.3. The minimum atomic E-state index is -0.0146. The average molecular weight is 539 g/mol. The van der Waals surface area contributed by atoms with Crippen molar-refractivity contribution < 1.29 is 23.8 Å². The molecule has 1 N–H and O–H groups in total. The van der Waals surface area contributed by atoms with Crippen LogP contribution in [-0.2, 0) is 14.3 Å². The molecule has 39 heavy (non-hydrogen) atoms. The maximum Gasteiger partial charge on any atom is 0.220 e. The van der Waals surface area contributed by atoms with E-state index in [-0.39, 0.29) is 17.7 Å². The number of methoxy groups -OCH3 is 1. The molecule has 7 heteroatoms. The van der Waals surface area contributed by atoms with Crippen LogP contribution in [0.1, 0.15) is 62.7 Å². The number of hydrogen-bond donors (Lipinski definition) is 1. The van der Waals surface area contributed by atoms with Crippen LogP contribution < -0.4 is 10.1 Å². The monoisotopic (exact) mass is 538 g/mol. The number of amides is 1. The number of rotatable bonds is 13. The lowest BCUT2D eigenvalue weighted by molar-refractivity contribution is -0.122. The molecule has 1 unspecified atom stereocenters. The maximum atomic E-state index is 13.0. The van der Waals surface area contributed by atoms with Gasteiger partial charge in [0.2, 0.25) is 5.91 Å². The highest BCUT2D eigenvalue weighted by Crippen LogP contribution is 2.23. The Morgan fingerprint density at radius 1 is 1.08 bits per heavy atom. The van der Waals surface area contributed by atoms with E-state index >= 15 is 0 Å². The molecule has 0 aromatic heterocycles. The Kier molecular flexibility index (Phi) is 12.8. The molecule has 1 amide bonds. The van der Waals surface area contributed by atoms with Gasteiger partial charge in [0.15, 0.2) is 5.78 Å². The molecule has 3 rings (SSSR count). The van der Waals surface area contributed by atoms with Crippen molar-refractivity contribution in [2.24, 2.45) is 11.8 Å². The number of nitrogens with zero attached hydrogens (tertiary/aromatic N) is 1. The molecule has 214 valence electrons. The smallest absolute Gasteiger partial charge is 0.220 e. The number of benzene rings is 1. The first-order valence-electron chi connectivity index (χ1n) is 14.3. The molecular formula is C32H46N2O5. The lowest BCUT2D eigenvalue weighted by atomic mass is 10.0. The summed E-state index contributed by atoms with van der Waals surface area (Å²) in [7, 11) is 1.61. The van der Waals surface area contributed by atoms with Crippen molar-refractivity contribution in [3.8, 4) is 5.75 Å². The number of ether oxygens (including phenoxy) is 3. The number of ketones is 1. The van der Waals surface area contributed by atoms with Crippen LogP contribution in [0.25, 0.3) is 0 Å². The molecule has 0 aliphatic carbocycles. The lowest BCUT2D eigenvalue weighted by Gasteiger charge is -2.26. The van der Waals surface area contributed by atoms with Crippen LogP contribution in [0.3, 0.4) is 0 Å². The highest BCUT2D eigenvalue weighted by atomic mass is 16.5. The summed E-state index contributed by atoms with van der Waals surface area (Å²) in [5.41, 5.74) is 1.76. The van der Waals surface area contributed by atoms with Crippen molar-refractivity contribution in [2.45, 2.75) is 58.4 Å². The first kappa shape index (κ1) is 30.6. The predicted molar refractivity (Wildman–Crippen MR) is 155 cm³/mol. The fourth-order valence-electron chi connectivity index (χ4n) is 5.13. The van der Waals surface area contributed by atoms with Crippen LogP contribution in [0.4, 0.5) is 0 Å². The fraction of sp³-hybridized carbons (Fsp3) is 0.562. The van der Waals surface area contributed by atoms with E-state index in [2.05, 4.69) is 30.6 Å². The molecule has 1 aromatic carbocycles. The largest absolute Gasteiger partial charge is 0.497 e. The molecule has 2 aliphatic rings. The van der Waals surface area contributed by atoms with Crippen LogP contribution in [0, 0.1) is 11.8 Å². The summed E-state index contributed by atoms with van der Waals surface area (Å²) in [6.45, 7) is 13.1. The van der Waals surface area contributed by atoms with Gasteiger partial charge in [0.25, 0.3) is 0 Å². The van der Waals surface area contributed by atoms with Crippen LogP contribution in [-0.4, -0.2) is 69.2 Å². The summed E-state index contributed by atoms with van der Waals surface area (Å²) in [6.07, 6.45) is 10.0. The van der Waals surface area contributed by atoms with Crippen molar-refractivity contribution in [3.63, 3.8) is 0 Å². The maximum absolute atomic E-state index is 13.0. The fourth-order valence-corrected chi connectivity index (χ4v) is 5.13. The van der Waals surface area contributed by atoms with Gasteiger partial charge in [-0.3, -0.25) is 9.59 Å².